The van der Waals surface area contributed by atoms with Gasteiger partial charge in [0, 0.05) is 25.4 Å². The lowest BCUT2D eigenvalue weighted by Gasteiger charge is -2.12. The van der Waals surface area contributed by atoms with Crippen LogP contribution in [0, 0.1) is 13.0 Å². The van der Waals surface area contributed by atoms with Crippen molar-refractivity contribution in [2.75, 3.05) is 5.73 Å². The number of aryl methyl sites for hydroxylation is 4. The lowest BCUT2D eigenvalue weighted by Crippen LogP contribution is -2.26. The molecule has 7 nitrogen and oxygen atoms in total. The summed E-state index contributed by atoms with van der Waals surface area (Å²) in [6, 6.07) is 4.83. The molecule has 30 heavy (non-hydrogen) atoms. The summed E-state index contributed by atoms with van der Waals surface area (Å²) in [6.45, 7) is 2.47. The van der Waals surface area contributed by atoms with Crippen molar-refractivity contribution < 1.29 is 9.18 Å². The summed E-state index contributed by atoms with van der Waals surface area (Å²) in [7, 11) is 0. The van der Waals surface area contributed by atoms with E-state index in [0.29, 0.717) is 30.2 Å². The summed E-state index contributed by atoms with van der Waals surface area (Å²) in [6.07, 6.45) is 5.47. The first kappa shape index (κ1) is 19.0. The van der Waals surface area contributed by atoms with Gasteiger partial charge in [-0.2, -0.15) is 14.4 Å². The van der Waals surface area contributed by atoms with E-state index in [1.54, 1.807) is 0 Å². The highest BCUT2D eigenvalue weighted by Gasteiger charge is 2.24. The molecule has 3 N–H and O–H groups in total. The van der Waals surface area contributed by atoms with Crippen LogP contribution < -0.4 is 11.1 Å². The van der Waals surface area contributed by atoms with Gasteiger partial charge in [-0.1, -0.05) is 12.1 Å². The van der Waals surface area contributed by atoms with Crippen LogP contribution in [-0.4, -0.2) is 31.5 Å². The Kier molecular flexibility index (Phi) is 4.64. The SMILES string of the molecule is Cc1cc2c(cc1Cc1nc3c(N)nc(F)nc3n1CCC(=O)NC1CC1)CCC2. The van der Waals surface area contributed by atoms with E-state index in [4.69, 9.17) is 5.73 Å². The largest absolute Gasteiger partial charge is 0.382 e. The zero-order valence-electron chi connectivity index (χ0n) is 17.0. The molecular weight excluding hydrogens is 383 g/mol. The molecule has 8 heteroatoms. The standard InChI is InChI=1S/C22H25FN6O/c1-12-9-13-3-2-4-14(13)10-15(12)11-17-26-19-20(24)27-22(23)28-21(19)29(17)8-7-18(30)25-16-5-6-16/h9-10,16H,2-8,11H2,1H3,(H,25,30)(H2,24,27,28). The van der Waals surface area contributed by atoms with Crippen molar-refractivity contribution in [1.29, 1.82) is 0 Å². The molecule has 0 spiro atoms. The first-order valence-corrected chi connectivity index (χ1v) is 10.6. The highest BCUT2D eigenvalue weighted by atomic mass is 19.1. The Balaban J connectivity index is 1.50. The van der Waals surface area contributed by atoms with Crippen molar-refractivity contribution in [2.24, 2.45) is 0 Å². The summed E-state index contributed by atoms with van der Waals surface area (Å²) in [5, 5.41) is 2.99. The minimum absolute atomic E-state index is 0.0125. The highest BCUT2D eigenvalue weighted by Crippen LogP contribution is 2.28. The minimum Gasteiger partial charge on any atom is -0.382 e. The normalized spacial score (nSPS) is 15.5. The third-order valence-corrected chi connectivity index (χ3v) is 6.08. The van der Waals surface area contributed by atoms with E-state index in [1.165, 1.54) is 28.7 Å². The Morgan fingerprint density at radius 3 is 2.77 bits per heavy atom. The number of carbonyl (C=O) groups excluding carboxylic acids is 1. The number of aromatic nitrogens is 4. The molecule has 3 aromatic rings. The Morgan fingerprint density at radius 1 is 1.23 bits per heavy atom. The fourth-order valence-corrected chi connectivity index (χ4v) is 4.31. The summed E-state index contributed by atoms with van der Waals surface area (Å²) in [5.41, 5.74) is 11.9. The van der Waals surface area contributed by atoms with Gasteiger partial charge in [-0.25, -0.2) is 4.98 Å². The van der Waals surface area contributed by atoms with Gasteiger partial charge in [0.2, 0.25) is 5.91 Å². The summed E-state index contributed by atoms with van der Waals surface area (Å²) in [5.74, 6) is 0.726. The Hall–Kier alpha value is -3.03. The predicted molar refractivity (Wildman–Crippen MR) is 111 cm³/mol. The number of halogens is 1. The van der Waals surface area contributed by atoms with E-state index in [9.17, 15) is 9.18 Å². The molecule has 2 heterocycles. The monoisotopic (exact) mass is 408 g/mol. The first-order valence-electron chi connectivity index (χ1n) is 10.6. The second-order valence-electron chi connectivity index (χ2n) is 8.40. The van der Waals surface area contributed by atoms with Gasteiger partial charge in [0.15, 0.2) is 17.0 Å². The molecule has 1 amide bonds. The third kappa shape index (κ3) is 3.62. The van der Waals surface area contributed by atoms with Crippen LogP contribution in [0.1, 0.15) is 53.8 Å². The van der Waals surface area contributed by atoms with Gasteiger partial charge in [-0.3, -0.25) is 4.79 Å². The Labute approximate surface area is 173 Å². The van der Waals surface area contributed by atoms with Crippen molar-refractivity contribution in [2.45, 2.75) is 64.5 Å². The lowest BCUT2D eigenvalue weighted by molar-refractivity contribution is -0.121. The average Bonchev–Trinajstić information content (AvgIpc) is 3.27. The molecular formula is C22H25FN6O. The third-order valence-electron chi connectivity index (χ3n) is 6.08. The van der Waals surface area contributed by atoms with Crippen LogP contribution in [0.15, 0.2) is 12.1 Å². The smallest absolute Gasteiger partial charge is 0.312 e. The fourth-order valence-electron chi connectivity index (χ4n) is 4.31. The van der Waals surface area contributed by atoms with Gasteiger partial charge in [0.1, 0.15) is 5.82 Å². The number of nitrogens with one attached hydrogen (secondary N) is 1. The van der Waals surface area contributed by atoms with Crippen LogP contribution in [-0.2, 0) is 30.6 Å². The average molecular weight is 408 g/mol. The number of hydrogen-bond donors (Lipinski definition) is 2. The molecule has 156 valence electrons. The van der Waals surface area contributed by atoms with E-state index in [-0.39, 0.29) is 18.1 Å². The highest BCUT2D eigenvalue weighted by molar-refractivity contribution is 5.82. The molecule has 0 aliphatic heterocycles. The Bertz CT molecular complexity index is 1150. The molecule has 2 aliphatic rings. The van der Waals surface area contributed by atoms with Crippen LogP contribution in [0.5, 0.6) is 0 Å². The molecule has 0 saturated heterocycles. The molecule has 0 bridgehead atoms. The number of benzene rings is 1. The molecule has 0 atom stereocenters. The second-order valence-corrected chi connectivity index (χ2v) is 8.40. The lowest BCUT2D eigenvalue weighted by atomic mass is 9.98. The number of nitrogens with zero attached hydrogens (tertiary/aromatic N) is 4. The van der Waals surface area contributed by atoms with Crippen LogP contribution >= 0.6 is 0 Å². The van der Waals surface area contributed by atoms with E-state index < -0.39 is 6.08 Å². The summed E-state index contributed by atoms with van der Waals surface area (Å²) in [4.78, 5) is 24.4. The molecule has 0 unspecified atom stereocenters. The van der Waals surface area contributed by atoms with E-state index in [0.717, 1.165) is 31.5 Å². The van der Waals surface area contributed by atoms with Gasteiger partial charge in [-0.05, 0) is 61.3 Å². The zero-order valence-corrected chi connectivity index (χ0v) is 17.0. The van der Waals surface area contributed by atoms with Crippen LogP contribution in [0.3, 0.4) is 0 Å². The Morgan fingerprint density at radius 2 is 2.00 bits per heavy atom. The number of anilines is 1. The number of carbonyl (C=O) groups is 1. The maximum atomic E-state index is 13.9. The van der Waals surface area contributed by atoms with Crippen molar-refractivity contribution in [3.63, 3.8) is 0 Å². The zero-order chi connectivity index (χ0) is 20.8. The number of nitrogens with two attached hydrogens (primary N) is 1. The van der Waals surface area contributed by atoms with Gasteiger partial charge in [0.05, 0.1) is 0 Å². The minimum atomic E-state index is -0.885. The van der Waals surface area contributed by atoms with Crippen LogP contribution in [0.2, 0.25) is 0 Å². The number of nitrogen functional groups attached to an aromatic ring is 1. The summed E-state index contributed by atoms with van der Waals surface area (Å²) < 4.78 is 15.7. The summed E-state index contributed by atoms with van der Waals surface area (Å²) >= 11 is 0. The van der Waals surface area contributed by atoms with Crippen LogP contribution in [0.4, 0.5) is 10.2 Å². The quantitative estimate of drug-likeness (QED) is 0.611. The van der Waals surface area contributed by atoms with E-state index in [1.807, 2.05) is 4.57 Å². The molecule has 2 aromatic heterocycles. The van der Waals surface area contributed by atoms with Crippen molar-refractivity contribution in [3.8, 4) is 0 Å². The number of rotatable bonds is 6. The number of imidazole rings is 1. The van der Waals surface area contributed by atoms with Crippen molar-refractivity contribution in [1.82, 2.24) is 24.8 Å². The van der Waals surface area contributed by atoms with E-state index in [2.05, 4.69) is 39.3 Å². The van der Waals surface area contributed by atoms with Crippen LogP contribution in [0.25, 0.3) is 11.2 Å². The molecule has 0 radical (unpaired) electrons. The molecule has 1 aromatic carbocycles. The number of amides is 1. The van der Waals surface area contributed by atoms with E-state index >= 15 is 0 Å². The maximum absolute atomic E-state index is 13.9. The number of fused-ring (bicyclic) bond motifs is 2. The first-order chi connectivity index (χ1) is 14.5. The molecule has 2 aliphatic carbocycles. The molecule has 1 fully saturated rings. The van der Waals surface area contributed by atoms with Gasteiger partial charge < -0.3 is 15.6 Å². The molecule has 5 rings (SSSR count). The predicted octanol–water partition coefficient (Wildman–Crippen LogP) is 2.60. The second kappa shape index (κ2) is 7.34. The molecule has 1 saturated carbocycles. The van der Waals surface area contributed by atoms with Crippen molar-refractivity contribution >= 4 is 22.9 Å². The van der Waals surface area contributed by atoms with Gasteiger partial charge in [-0.15, -0.1) is 0 Å². The van der Waals surface area contributed by atoms with Crippen molar-refractivity contribution in [3.05, 3.63) is 46.3 Å². The fraction of sp³-hybridized carbons (Fsp3) is 0.455. The number of hydrogen-bond acceptors (Lipinski definition) is 5. The topological polar surface area (TPSA) is 98.7 Å². The van der Waals surface area contributed by atoms with Gasteiger partial charge in [0.25, 0.3) is 0 Å². The maximum Gasteiger partial charge on any atom is 0.312 e. The van der Waals surface area contributed by atoms with Gasteiger partial charge >= 0.3 is 6.08 Å².